The number of hydrogen-bond acceptors (Lipinski definition) is 4. The van der Waals surface area contributed by atoms with Crippen LogP contribution in [0.25, 0.3) is 0 Å². The molecule has 2 aromatic rings. The van der Waals surface area contributed by atoms with E-state index in [0.29, 0.717) is 25.3 Å². The standard InChI is InChI=1S/C21H22F3NO4/c1-3-12-27-18-9-4-15(13-14(18)2)25-11-10-19(20(25)26)28-16-5-7-17(8-6-16)29-21(22,23)24/h4-9,13,19H,3,10-12H2,1-2H3. The lowest BCUT2D eigenvalue weighted by atomic mass is 10.2. The smallest absolute Gasteiger partial charge is 0.493 e. The summed E-state index contributed by atoms with van der Waals surface area (Å²) in [7, 11) is 0. The first-order valence-corrected chi connectivity index (χ1v) is 9.34. The first-order chi connectivity index (χ1) is 13.8. The molecule has 1 atom stereocenters. The van der Waals surface area contributed by atoms with E-state index in [-0.39, 0.29) is 11.7 Å². The van der Waals surface area contributed by atoms with E-state index in [2.05, 4.69) is 4.74 Å². The molecule has 0 spiro atoms. The van der Waals surface area contributed by atoms with Gasteiger partial charge in [0.25, 0.3) is 5.91 Å². The van der Waals surface area contributed by atoms with Crippen molar-refractivity contribution in [2.24, 2.45) is 0 Å². The van der Waals surface area contributed by atoms with Crippen molar-refractivity contribution in [3.8, 4) is 17.2 Å². The van der Waals surface area contributed by atoms with Crippen LogP contribution in [0, 0.1) is 6.92 Å². The van der Waals surface area contributed by atoms with Gasteiger partial charge in [-0.2, -0.15) is 0 Å². The highest BCUT2D eigenvalue weighted by Gasteiger charge is 2.35. The van der Waals surface area contributed by atoms with Crippen molar-refractivity contribution in [2.75, 3.05) is 18.1 Å². The van der Waals surface area contributed by atoms with E-state index in [0.717, 1.165) is 35.6 Å². The minimum atomic E-state index is -4.75. The summed E-state index contributed by atoms with van der Waals surface area (Å²) >= 11 is 0. The highest BCUT2D eigenvalue weighted by Crippen LogP contribution is 2.30. The molecule has 0 aliphatic carbocycles. The predicted molar refractivity (Wildman–Crippen MR) is 101 cm³/mol. The maximum Gasteiger partial charge on any atom is 0.573 e. The number of carbonyl (C=O) groups is 1. The van der Waals surface area contributed by atoms with Crippen LogP contribution < -0.4 is 19.1 Å². The van der Waals surface area contributed by atoms with Crippen molar-refractivity contribution >= 4 is 11.6 Å². The summed E-state index contributed by atoms with van der Waals surface area (Å²) in [4.78, 5) is 14.4. The normalized spacial score (nSPS) is 16.8. The highest BCUT2D eigenvalue weighted by atomic mass is 19.4. The molecule has 8 heteroatoms. The van der Waals surface area contributed by atoms with Gasteiger partial charge in [0.1, 0.15) is 17.2 Å². The third-order valence-corrected chi connectivity index (χ3v) is 4.42. The molecule has 1 heterocycles. The maximum atomic E-state index is 12.7. The molecule has 0 N–H and O–H groups in total. The van der Waals surface area contributed by atoms with Gasteiger partial charge in [0.2, 0.25) is 0 Å². The number of carbonyl (C=O) groups excluding carboxylic acids is 1. The fraction of sp³-hybridized carbons (Fsp3) is 0.381. The van der Waals surface area contributed by atoms with Gasteiger partial charge in [0.15, 0.2) is 6.10 Å². The van der Waals surface area contributed by atoms with Crippen LogP contribution in [-0.4, -0.2) is 31.5 Å². The van der Waals surface area contributed by atoms with E-state index < -0.39 is 12.5 Å². The Labute approximate surface area is 167 Å². The van der Waals surface area contributed by atoms with Crippen LogP contribution in [0.3, 0.4) is 0 Å². The third-order valence-electron chi connectivity index (χ3n) is 4.42. The van der Waals surface area contributed by atoms with E-state index in [1.54, 1.807) is 4.90 Å². The Balaban J connectivity index is 1.63. The van der Waals surface area contributed by atoms with Crippen LogP contribution in [-0.2, 0) is 4.79 Å². The van der Waals surface area contributed by atoms with Gasteiger partial charge >= 0.3 is 6.36 Å². The van der Waals surface area contributed by atoms with Gasteiger partial charge in [-0.25, -0.2) is 0 Å². The molecular formula is C21H22F3NO4. The average Bonchev–Trinajstić information content (AvgIpc) is 3.01. The number of alkyl halides is 3. The van der Waals surface area contributed by atoms with E-state index in [1.807, 2.05) is 32.0 Å². The van der Waals surface area contributed by atoms with Crippen LogP contribution in [0.15, 0.2) is 42.5 Å². The predicted octanol–water partition coefficient (Wildman–Crippen LogP) is 4.87. The third kappa shape index (κ3) is 5.34. The second-order valence-corrected chi connectivity index (χ2v) is 6.70. The summed E-state index contributed by atoms with van der Waals surface area (Å²) in [5, 5.41) is 0. The molecule has 5 nitrogen and oxygen atoms in total. The Kier molecular flexibility index (Phi) is 6.20. The second-order valence-electron chi connectivity index (χ2n) is 6.70. The molecule has 2 aromatic carbocycles. The van der Waals surface area contributed by atoms with Crippen molar-refractivity contribution in [3.63, 3.8) is 0 Å². The zero-order valence-electron chi connectivity index (χ0n) is 16.2. The van der Waals surface area contributed by atoms with Crippen molar-refractivity contribution in [2.45, 2.75) is 39.2 Å². The molecule has 0 saturated carbocycles. The van der Waals surface area contributed by atoms with E-state index >= 15 is 0 Å². The quantitative estimate of drug-likeness (QED) is 0.655. The topological polar surface area (TPSA) is 48.0 Å². The van der Waals surface area contributed by atoms with Gasteiger partial charge in [0.05, 0.1) is 6.61 Å². The lowest BCUT2D eigenvalue weighted by Gasteiger charge is -2.19. The number of halogens is 3. The molecule has 1 fully saturated rings. The first kappa shape index (κ1) is 20.8. The largest absolute Gasteiger partial charge is 0.573 e. The summed E-state index contributed by atoms with van der Waals surface area (Å²) in [6, 6.07) is 10.6. The molecule has 156 valence electrons. The van der Waals surface area contributed by atoms with Gasteiger partial charge in [-0.1, -0.05) is 6.92 Å². The minimum Gasteiger partial charge on any atom is -0.493 e. The Morgan fingerprint density at radius 2 is 1.79 bits per heavy atom. The minimum absolute atomic E-state index is 0.192. The SMILES string of the molecule is CCCOc1ccc(N2CCC(Oc3ccc(OC(F)(F)F)cc3)C2=O)cc1C. The zero-order chi connectivity index (χ0) is 21.0. The fourth-order valence-corrected chi connectivity index (χ4v) is 3.08. The molecule has 1 aliphatic heterocycles. The Morgan fingerprint density at radius 1 is 1.10 bits per heavy atom. The van der Waals surface area contributed by atoms with E-state index in [9.17, 15) is 18.0 Å². The summed E-state index contributed by atoms with van der Waals surface area (Å²) in [6.07, 6.45) is -4.05. The summed E-state index contributed by atoms with van der Waals surface area (Å²) in [5.41, 5.74) is 1.70. The number of aryl methyl sites for hydroxylation is 1. The number of nitrogens with zero attached hydrogens (tertiary/aromatic N) is 1. The Hall–Kier alpha value is -2.90. The van der Waals surface area contributed by atoms with Crippen LogP contribution >= 0.6 is 0 Å². The average molecular weight is 409 g/mol. The monoisotopic (exact) mass is 409 g/mol. The molecule has 0 bridgehead atoms. The maximum absolute atomic E-state index is 12.7. The van der Waals surface area contributed by atoms with Gasteiger partial charge in [-0.05, 0) is 61.4 Å². The highest BCUT2D eigenvalue weighted by molar-refractivity contribution is 5.99. The lowest BCUT2D eigenvalue weighted by molar-refractivity contribution is -0.274. The van der Waals surface area contributed by atoms with Crippen molar-refractivity contribution in [1.82, 2.24) is 0 Å². The number of hydrogen-bond donors (Lipinski definition) is 0. The van der Waals surface area contributed by atoms with Gasteiger partial charge in [-0.15, -0.1) is 13.2 Å². The van der Waals surface area contributed by atoms with E-state index in [1.165, 1.54) is 12.1 Å². The number of amides is 1. The molecule has 1 saturated heterocycles. The van der Waals surface area contributed by atoms with Crippen molar-refractivity contribution < 1.29 is 32.2 Å². The summed E-state index contributed by atoms with van der Waals surface area (Å²) in [6.45, 7) is 5.08. The second kappa shape index (κ2) is 8.63. The molecule has 3 rings (SSSR count). The Morgan fingerprint density at radius 3 is 2.41 bits per heavy atom. The summed E-state index contributed by atoms with van der Waals surface area (Å²) in [5.74, 6) is 0.558. The number of rotatable bonds is 7. The molecule has 1 unspecified atom stereocenters. The van der Waals surface area contributed by atoms with Crippen molar-refractivity contribution in [1.29, 1.82) is 0 Å². The number of benzene rings is 2. The van der Waals surface area contributed by atoms with Crippen molar-refractivity contribution in [3.05, 3.63) is 48.0 Å². The molecule has 0 radical (unpaired) electrons. The van der Waals surface area contributed by atoms with Gasteiger partial charge in [0, 0.05) is 18.7 Å². The molecule has 1 aliphatic rings. The van der Waals surface area contributed by atoms with E-state index in [4.69, 9.17) is 9.47 Å². The van der Waals surface area contributed by atoms with Gasteiger partial charge in [-0.3, -0.25) is 4.79 Å². The summed E-state index contributed by atoms with van der Waals surface area (Å²) < 4.78 is 51.9. The zero-order valence-corrected chi connectivity index (χ0v) is 16.2. The molecule has 1 amide bonds. The van der Waals surface area contributed by atoms with Crippen LogP contribution in [0.5, 0.6) is 17.2 Å². The number of ether oxygens (including phenoxy) is 3. The van der Waals surface area contributed by atoms with Crippen LogP contribution in [0.4, 0.5) is 18.9 Å². The molecular weight excluding hydrogens is 387 g/mol. The Bertz CT molecular complexity index is 852. The lowest BCUT2D eigenvalue weighted by Crippen LogP contribution is -2.32. The van der Waals surface area contributed by atoms with Gasteiger partial charge < -0.3 is 19.1 Å². The molecule has 0 aromatic heterocycles. The molecule has 29 heavy (non-hydrogen) atoms. The fourth-order valence-electron chi connectivity index (χ4n) is 3.08. The van der Waals surface area contributed by atoms with Crippen LogP contribution in [0.1, 0.15) is 25.3 Å². The first-order valence-electron chi connectivity index (χ1n) is 9.34. The van der Waals surface area contributed by atoms with Crippen LogP contribution in [0.2, 0.25) is 0 Å². The number of anilines is 1.